The molecule has 0 aliphatic heterocycles. The molecule has 0 radical (unpaired) electrons. The van der Waals surface area contributed by atoms with Gasteiger partial charge in [-0.1, -0.05) is 19.1 Å². The minimum Gasteiger partial charge on any atom is -0.484 e. The fourth-order valence-corrected chi connectivity index (χ4v) is 1.34. The number of ether oxygens (including phenoxy) is 1. The SMILES string of the molecule is CCNCc1cccc(OCC(=O)NC(N)=O)c1. The number of urea groups is 1. The highest BCUT2D eigenvalue weighted by molar-refractivity contribution is 5.94. The predicted octanol–water partition coefficient (Wildman–Crippen LogP) is 0.370. The predicted molar refractivity (Wildman–Crippen MR) is 67.0 cm³/mol. The van der Waals surface area contributed by atoms with Crippen LogP contribution in [0.5, 0.6) is 5.75 Å². The number of primary amides is 1. The van der Waals surface area contributed by atoms with Crippen LogP contribution >= 0.6 is 0 Å². The van der Waals surface area contributed by atoms with Gasteiger partial charge in [-0.25, -0.2) is 4.79 Å². The Bertz CT molecular complexity index is 421. The van der Waals surface area contributed by atoms with E-state index in [2.05, 4.69) is 5.32 Å². The Hall–Kier alpha value is -2.08. The number of hydrogen-bond acceptors (Lipinski definition) is 4. The molecule has 6 nitrogen and oxygen atoms in total. The van der Waals surface area contributed by atoms with Gasteiger partial charge in [-0.3, -0.25) is 10.1 Å². The molecule has 18 heavy (non-hydrogen) atoms. The molecule has 0 saturated heterocycles. The third kappa shape index (κ3) is 5.31. The summed E-state index contributed by atoms with van der Waals surface area (Å²) in [5, 5.41) is 5.11. The van der Waals surface area contributed by atoms with Gasteiger partial charge in [-0.2, -0.15) is 0 Å². The molecule has 0 fully saturated rings. The number of carbonyl (C=O) groups excluding carboxylic acids is 2. The van der Waals surface area contributed by atoms with Gasteiger partial charge in [-0.15, -0.1) is 0 Å². The summed E-state index contributed by atoms with van der Waals surface area (Å²) >= 11 is 0. The second-order valence-electron chi connectivity index (χ2n) is 3.63. The second kappa shape index (κ2) is 7.29. The van der Waals surface area contributed by atoms with Crippen LogP contribution < -0.4 is 21.1 Å². The van der Waals surface area contributed by atoms with Crippen LogP contribution in [0.15, 0.2) is 24.3 Å². The smallest absolute Gasteiger partial charge is 0.318 e. The standard InChI is InChI=1S/C12H17N3O3/c1-2-14-7-9-4-3-5-10(6-9)18-8-11(16)15-12(13)17/h3-6,14H,2,7-8H2,1H3,(H3,13,15,16,17). The van der Waals surface area contributed by atoms with E-state index in [0.717, 1.165) is 18.7 Å². The highest BCUT2D eigenvalue weighted by Crippen LogP contribution is 2.12. The van der Waals surface area contributed by atoms with Gasteiger partial charge in [0, 0.05) is 6.54 Å². The van der Waals surface area contributed by atoms with E-state index in [1.165, 1.54) is 0 Å². The zero-order valence-corrected chi connectivity index (χ0v) is 10.2. The molecule has 0 aliphatic rings. The first-order valence-electron chi connectivity index (χ1n) is 5.63. The Morgan fingerprint density at radius 2 is 2.17 bits per heavy atom. The van der Waals surface area contributed by atoms with Crippen LogP contribution in [-0.4, -0.2) is 25.1 Å². The van der Waals surface area contributed by atoms with Gasteiger partial charge in [0.1, 0.15) is 5.75 Å². The fraction of sp³-hybridized carbons (Fsp3) is 0.333. The molecule has 0 heterocycles. The summed E-state index contributed by atoms with van der Waals surface area (Å²) < 4.78 is 5.24. The Balaban J connectivity index is 2.46. The first kappa shape index (κ1) is 14.0. The molecule has 4 N–H and O–H groups in total. The van der Waals surface area contributed by atoms with Crippen LogP contribution in [0, 0.1) is 0 Å². The summed E-state index contributed by atoms with van der Waals surface area (Å²) in [4.78, 5) is 21.6. The number of hydrogen-bond donors (Lipinski definition) is 3. The van der Waals surface area contributed by atoms with Crippen molar-refractivity contribution < 1.29 is 14.3 Å². The summed E-state index contributed by atoms with van der Waals surface area (Å²) in [6.45, 7) is 3.40. The van der Waals surface area contributed by atoms with Crippen molar-refractivity contribution in [1.29, 1.82) is 0 Å². The molecule has 1 aromatic rings. The Kier molecular flexibility index (Phi) is 5.66. The van der Waals surface area contributed by atoms with Crippen molar-refractivity contribution in [3.63, 3.8) is 0 Å². The third-order valence-electron chi connectivity index (χ3n) is 2.11. The van der Waals surface area contributed by atoms with E-state index < -0.39 is 11.9 Å². The Morgan fingerprint density at radius 1 is 1.39 bits per heavy atom. The van der Waals surface area contributed by atoms with Crippen molar-refractivity contribution >= 4 is 11.9 Å². The maximum absolute atomic E-state index is 11.1. The van der Waals surface area contributed by atoms with Crippen molar-refractivity contribution in [3.8, 4) is 5.75 Å². The average Bonchev–Trinajstić information content (AvgIpc) is 2.33. The van der Waals surface area contributed by atoms with Crippen LogP contribution in [0.4, 0.5) is 4.79 Å². The molecule has 0 saturated carbocycles. The summed E-state index contributed by atoms with van der Waals surface area (Å²) in [5.41, 5.74) is 5.87. The minimum atomic E-state index is -0.885. The van der Waals surface area contributed by atoms with E-state index in [4.69, 9.17) is 10.5 Å². The van der Waals surface area contributed by atoms with E-state index in [0.29, 0.717) is 5.75 Å². The van der Waals surface area contributed by atoms with Crippen molar-refractivity contribution in [1.82, 2.24) is 10.6 Å². The molecule has 0 aromatic heterocycles. The topological polar surface area (TPSA) is 93.4 Å². The monoisotopic (exact) mass is 251 g/mol. The first-order valence-corrected chi connectivity index (χ1v) is 5.63. The van der Waals surface area contributed by atoms with E-state index in [1.807, 2.05) is 30.4 Å². The molecule has 98 valence electrons. The molecule has 1 rings (SSSR count). The minimum absolute atomic E-state index is 0.242. The number of nitrogens with two attached hydrogens (primary N) is 1. The molecule has 0 spiro atoms. The maximum atomic E-state index is 11.1. The van der Waals surface area contributed by atoms with Crippen molar-refractivity contribution in [2.24, 2.45) is 5.73 Å². The number of nitrogens with one attached hydrogen (secondary N) is 2. The maximum Gasteiger partial charge on any atom is 0.318 e. The van der Waals surface area contributed by atoms with Gasteiger partial charge < -0.3 is 15.8 Å². The van der Waals surface area contributed by atoms with E-state index in [1.54, 1.807) is 6.07 Å². The fourth-order valence-electron chi connectivity index (χ4n) is 1.34. The average molecular weight is 251 g/mol. The van der Waals surface area contributed by atoms with Gasteiger partial charge in [0.25, 0.3) is 5.91 Å². The highest BCUT2D eigenvalue weighted by Gasteiger charge is 2.05. The van der Waals surface area contributed by atoms with E-state index >= 15 is 0 Å². The molecule has 1 aromatic carbocycles. The number of imide groups is 1. The lowest BCUT2D eigenvalue weighted by molar-refractivity contribution is -0.121. The number of rotatable bonds is 6. The van der Waals surface area contributed by atoms with Crippen molar-refractivity contribution in [3.05, 3.63) is 29.8 Å². The lowest BCUT2D eigenvalue weighted by Crippen LogP contribution is -2.38. The van der Waals surface area contributed by atoms with Crippen LogP contribution in [0.25, 0.3) is 0 Å². The Labute approximate surface area is 105 Å². The van der Waals surface area contributed by atoms with Crippen LogP contribution in [0.1, 0.15) is 12.5 Å². The zero-order chi connectivity index (χ0) is 13.4. The zero-order valence-electron chi connectivity index (χ0n) is 10.2. The second-order valence-corrected chi connectivity index (χ2v) is 3.63. The largest absolute Gasteiger partial charge is 0.484 e. The van der Waals surface area contributed by atoms with Crippen LogP contribution in [-0.2, 0) is 11.3 Å². The molecule has 3 amide bonds. The summed E-state index contributed by atoms with van der Waals surface area (Å²) in [6, 6.07) is 6.49. The van der Waals surface area contributed by atoms with Crippen molar-refractivity contribution in [2.45, 2.75) is 13.5 Å². The molecule has 0 aliphatic carbocycles. The number of carbonyl (C=O) groups is 2. The van der Waals surface area contributed by atoms with Gasteiger partial charge in [0.05, 0.1) is 0 Å². The molecule has 0 atom stereocenters. The lowest BCUT2D eigenvalue weighted by Gasteiger charge is -2.07. The number of benzene rings is 1. The first-order chi connectivity index (χ1) is 8.61. The molecule has 0 unspecified atom stereocenters. The third-order valence-corrected chi connectivity index (χ3v) is 2.11. The highest BCUT2D eigenvalue weighted by atomic mass is 16.5. The van der Waals surface area contributed by atoms with E-state index in [-0.39, 0.29) is 6.61 Å². The Morgan fingerprint density at radius 3 is 2.83 bits per heavy atom. The summed E-state index contributed by atoms with van der Waals surface area (Å²) in [7, 11) is 0. The van der Waals surface area contributed by atoms with E-state index in [9.17, 15) is 9.59 Å². The summed E-state index contributed by atoms with van der Waals surface area (Å²) in [6.07, 6.45) is 0. The molecular weight excluding hydrogens is 234 g/mol. The van der Waals surface area contributed by atoms with Crippen molar-refractivity contribution in [2.75, 3.05) is 13.2 Å². The molecule has 6 heteroatoms. The van der Waals surface area contributed by atoms with Crippen LogP contribution in [0.2, 0.25) is 0 Å². The summed E-state index contributed by atoms with van der Waals surface area (Å²) in [5.74, 6) is 0.00427. The normalized spacial score (nSPS) is 9.83. The lowest BCUT2D eigenvalue weighted by atomic mass is 10.2. The quantitative estimate of drug-likeness (QED) is 0.681. The van der Waals surface area contributed by atoms with Gasteiger partial charge in [0.15, 0.2) is 6.61 Å². The van der Waals surface area contributed by atoms with Gasteiger partial charge in [0.2, 0.25) is 0 Å². The molecular formula is C12H17N3O3. The van der Waals surface area contributed by atoms with Gasteiger partial charge in [-0.05, 0) is 24.2 Å². The number of amides is 3. The molecule has 0 bridgehead atoms. The van der Waals surface area contributed by atoms with Gasteiger partial charge >= 0.3 is 6.03 Å². The van der Waals surface area contributed by atoms with Crippen LogP contribution in [0.3, 0.4) is 0 Å².